The molecule has 4 rings (SSSR count). The summed E-state index contributed by atoms with van der Waals surface area (Å²) in [6, 6.07) is 8.41. The van der Waals surface area contributed by atoms with E-state index in [-0.39, 0.29) is 18.3 Å². The van der Waals surface area contributed by atoms with Crippen molar-refractivity contribution in [2.75, 3.05) is 18.0 Å². The predicted octanol–water partition coefficient (Wildman–Crippen LogP) is 2.74. The van der Waals surface area contributed by atoms with Crippen molar-refractivity contribution in [2.24, 2.45) is 0 Å². The van der Waals surface area contributed by atoms with Crippen LogP contribution in [-0.4, -0.2) is 46.5 Å². The molecule has 1 aliphatic rings. The number of nitrogens with zero attached hydrogens (tertiary/aromatic N) is 5. The Morgan fingerprint density at radius 1 is 1.06 bits per heavy atom. The highest BCUT2D eigenvalue weighted by molar-refractivity contribution is 7.87. The zero-order chi connectivity index (χ0) is 25.2. The van der Waals surface area contributed by atoms with Crippen LogP contribution >= 0.6 is 0 Å². The van der Waals surface area contributed by atoms with Gasteiger partial charge in [0.05, 0.1) is 6.54 Å². The molecule has 3 aromatic rings. The first-order valence-corrected chi connectivity index (χ1v) is 11.5. The topological polar surface area (TPSA) is 107 Å². The summed E-state index contributed by atoms with van der Waals surface area (Å²) in [4.78, 5) is 26.0. The summed E-state index contributed by atoms with van der Waals surface area (Å²) < 4.78 is 77.5. The molecule has 0 radical (unpaired) electrons. The zero-order valence-corrected chi connectivity index (χ0v) is 18.6. The van der Waals surface area contributed by atoms with E-state index in [0.29, 0.717) is 25.1 Å². The summed E-state index contributed by atoms with van der Waals surface area (Å²) in [6.45, 7) is 0.967. The lowest BCUT2D eigenvalue weighted by Gasteiger charge is -2.26. The van der Waals surface area contributed by atoms with Gasteiger partial charge in [0.15, 0.2) is 0 Å². The number of hydrogen-bond donors (Lipinski definition) is 0. The van der Waals surface area contributed by atoms with Crippen LogP contribution in [0.4, 0.5) is 23.5 Å². The summed E-state index contributed by atoms with van der Waals surface area (Å²) in [6.07, 6.45) is 4.97. The van der Waals surface area contributed by atoms with Crippen molar-refractivity contribution < 1.29 is 30.2 Å². The van der Waals surface area contributed by atoms with E-state index in [1.807, 2.05) is 11.0 Å². The molecule has 1 aliphatic heterocycles. The molecule has 3 heterocycles. The third kappa shape index (κ3) is 5.65. The predicted molar refractivity (Wildman–Crippen MR) is 116 cm³/mol. The van der Waals surface area contributed by atoms with Gasteiger partial charge in [-0.1, -0.05) is 24.3 Å². The minimum Gasteiger partial charge on any atom is -0.355 e. The quantitative estimate of drug-likeness (QED) is 0.283. The normalized spacial score (nSPS) is 14.5. The fraction of sp³-hybridized carbons (Fsp3) is 0.238. The van der Waals surface area contributed by atoms with Crippen molar-refractivity contribution in [1.29, 1.82) is 0 Å². The van der Waals surface area contributed by atoms with E-state index in [4.69, 9.17) is 0 Å². The van der Waals surface area contributed by atoms with Gasteiger partial charge in [0.1, 0.15) is 12.1 Å². The fourth-order valence-electron chi connectivity index (χ4n) is 3.30. The molecule has 0 unspecified atom stereocenters. The average Bonchev–Trinajstić information content (AvgIpc) is 2.81. The van der Waals surface area contributed by atoms with Crippen LogP contribution in [0.3, 0.4) is 0 Å². The highest BCUT2D eigenvalue weighted by Gasteiger charge is 2.48. The Kier molecular flexibility index (Phi) is 6.56. The molecule has 0 N–H and O–H groups in total. The average molecular weight is 511 g/mol. The van der Waals surface area contributed by atoms with Crippen molar-refractivity contribution in [2.45, 2.75) is 18.5 Å². The van der Waals surface area contributed by atoms with Crippen LogP contribution in [-0.2, 0) is 16.7 Å². The van der Waals surface area contributed by atoms with Gasteiger partial charge >= 0.3 is 21.3 Å². The molecular formula is C21H17F4N5O4S. The van der Waals surface area contributed by atoms with Crippen LogP contribution in [0.5, 0.6) is 5.88 Å². The Morgan fingerprint density at radius 3 is 2.37 bits per heavy atom. The van der Waals surface area contributed by atoms with Crippen LogP contribution in [0.1, 0.15) is 17.5 Å². The first-order valence-electron chi connectivity index (χ1n) is 10.1. The van der Waals surface area contributed by atoms with Gasteiger partial charge in [-0.2, -0.15) is 26.6 Å². The molecule has 0 amide bonds. The number of alkyl halides is 3. The van der Waals surface area contributed by atoms with E-state index in [1.165, 1.54) is 24.5 Å². The monoisotopic (exact) mass is 511 g/mol. The van der Waals surface area contributed by atoms with E-state index in [1.54, 1.807) is 12.1 Å². The molecule has 0 spiro atoms. The first-order chi connectivity index (χ1) is 16.5. The number of benzene rings is 1. The number of halogens is 4. The van der Waals surface area contributed by atoms with Gasteiger partial charge in [0.2, 0.25) is 11.8 Å². The molecule has 0 atom stereocenters. The third-order valence-corrected chi connectivity index (χ3v) is 6.05. The van der Waals surface area contributed by atoms with Gasteiger partial charge in [0.25, 0.3) is 0 Å². The van der Waals surface area contributed by atoms with Crippen LogP contribution in [0.15, 0.2) is 59.8 Å². The maximum Gasteiger partial charge on any atom is 0.534 e. The van der Waals surface area contributed by atoms with Crippen LogP contribution in [0, 0.1) is 5.82 Å². The van der Waals surface area contributed by atoms with E-state index >= 15 is 0 Å². The maximum absolute atomic E-state index is 13.1. The molecule has 184 valence electrons. The van der Waals surface area contributed by atoms with Crippen molar-refractivity contribution in [3.8, 4) is 5.88 Å². The number of pyridine rings is 1. The summed E-state index contributed by atoms with van der Waals surface area (Å²) >= 11 is 0. The summed E-state index contributed by atoms with van der Waals surface area (Å²) in [5.41, 5.74) is -3.83. The standard InChI is InChI=1S/C21H17F4N5O4S/c22-17-4-2-15(3-5-17)16-7-9-29(10-8-16)19-27-13-30(20(31)28-19)12-14-1-6-18(26-11-14)34-35(32,33)21(23,24)25/h1-7,11,13H,8-10,12H2. The Morgan fingerprint density at radius 2 is 1.80 bits per heavy atom. The highest BCUT2D eigenvalue weighted by atomic mass is 32.2. The third-order valence-electron chi connectivity index (χ3n) is 5.09. The lowest BCUT2D eigenvalue weighted by atomic mass is 10.00. The van der Waals surface area contributed by atoms with E-state index < -0.39 is 27.2 Å². The lowest BCUT2D eigenvalue weighted by Crippen LogP contribution is -2.34. The molecule has 0 bridgehead atoms. The second-order valence-electron chi connectivity index (χ2n) is 7.49. The molecule has 0 saturated carbocycles. The van der Waals surface area contributed by atoms with E-state index in [2.05, 4.69) is 19.1 Å². The second-order valence-corrected chi connectivity index (χ2v) is 9.02. The Hall–Kier alpha value is -3.81. The van der Waals surface area contributed by atoms with Crippen molar-refractivity contribution in [3.05, 3.63) is 82.4 Å². The molecule has 35 heavy (non-hydrogen) atoms. The summed E-state index contributed by atoms with van der Waals surface area (Å²) in [5, 5.41) is 0. The van der Waals surface area contributed by atoms with Gasteiger partial charge < -0.3 is 9.08 Å². The van der Waals surface area contributed by atoms with Crippen molar-refractivity contribution in [1.82, 2.24) is 19.5 Å². The smallest absolute Gasteiger partial charge is 0.355 e. The van der Waals surface area contributed by atoms with Gasteiger partial charge in [0, 0.05) is 25.4 Å². The minimum absolute atomic E-state index is 0.0486. The minimum atomic E-state index is -5.83. The molecule has 0 aliphatic carbocycles. The van der Waals surface area contributed by atoms with Crippen molar-refractivity contribution >= 4 is 21.6 Å². The summed E-state index contributed by atoms with van der Waals surface area (Å²) in [5.74, 6) is -0.835. The molecule has 0 saturated heterocycles. The SMILES string of the molecule is O=c1nc(N2CC=C(c3ccc(F)cc3)CC2)ncn1Cc1ccc(OS(=O)(=O)C(F)(F)F)nc1. The zero-order valence-electron chi connectivity index (χ0n) is 17.8. The van der Waals surface area contributed by atoms with Gasteiger partial charge in [-0.25, -0.2) is 19.2 Å². The summed E-state index contributed by atoms with van der Waals surface area (Å²) in [7, 11) is -5.83. The highest BCUT2D eigenvalue weighted by Crippen LogP contribution is 2.26. The van der Waals surface area contributed by atoms with Crippen LogP contribution < -0.4 is 14.8 Å². The molecule has 2 aromatic heterocycles. The number of aromatic nitrogens is 4. The Balaban J connectivity index is 1.41. The van der Waals surface area contributed by atoms with Gasteiger partial charge in [-0.15, -0.1) is 0 Å². The molecular weight excluding hydrogens is 494 g/mol. The maximum atomic E-state index is 13.1. The van der Waals surface area contributed by atoms with E-state index in [9.17, 15) is 30.8 Å². The van der Waals surface area contributed by atoms with Gasteiger partial charge in [-0.05, 0) is 35.3 Å². The Labute approximate surface area is 196 Å². The van der Waals surface area contributed by atoms with E-state index in [0.717, 1.165) is 28.0 Å². The molecule has 1 aromatic carbocycles. The lowest BCUT2D eigenvalue weighted by molar-refractivity contribution is -0.0501. The second kappa shape index (κ2) is 9.44. The number of hydrogen-bond acceptors (Lipinski definition) is 8. The van der Waals surface area contributed by atoms with Crippen LogP contribution in [0.25, 0.3) is 5.57 Å². The molecule has 14 heteroatoms. The largest absolute Gasteiger partial charge is 0.534 e. The Bertz CT molecular complexity index is 1410. The number of rotatable bonds is 6. The fourth-order valence-corrected chi connectivity index (χ4v) is 3.72. The van der Waals surface area contributed by atoms with Crippen LogP contribution in [0.2, 0.25) is 0 Å². The first kappa shape index (κ1) is 24.3. The molecule has 9 nitrogen and oxygen atoms in total. The molecule has 0 fully saturated rings. The van der Waals surface area contributed by atoms with Gasteiger partial charge in [-0.3, -0.25) is 4.57 Å². The van der Waals surface area contributed by atoms with Crippen molar-refractivity contribution in [3.63, 3.8) is 0 Å². The number of anilines is 1.